The molecule has 2 N–H and O–H groups in total. The molecule has 0 unspecified atom stereocenters. The van der Waals surface area contributed by atoms with Gasteiger partial charge in [0.15, 0.2) is 11.7 Å². The number of para-hydroxylation sites is 1. The Hall–Kier alpha value is -2.47. The van der Waals surface area contributed by atoms with Crippen molar-refractivity contribution in [3.63, 3.8) is 0 Å². The van der Waals surface area contributed by atoms with Crippen LogP contribution in [0, 0.1) is 5.82 Å². The zero-order valence-electron chi connectivity index (χ0n) is 11.0. The van der Waals surface area contributed by atoms with Gasteiger partial charge < -0.3 is 10.1 Å². The molecule has 0 spiro atoms. The van der Waals surface area contributed by atoms with E-state index in [1.807, 2.05) is 18.2 Å². The molecule has 0 aliphatic heterocycles. The molecule has 108 valence electrons. The third kappa shape index (κ3) is 5.19. The first kappa shape index (κ1) is 14.9. The summed E-state index contributed by atoms with van der Waals surface area (Å²) >= 11 is 4.98. The Labute approximate surface area is 126 Å². The molecule has 2 aromatic carbocycles. The Morgan fingerprint density at radius 2 is 1.76 bits per heavy atom. The van der Waals surface area contributed by atoms with Gasteiger partial charge in [0.25, 0.3) is 5.91 Å². The van der Waals surface area contributed by atoms with Crippen LogP contribution in [0.5, 0.6) is 5.75 Å². The fraction of sp³-hybridized carbons (Fsp3) is 0.0667. The normalized spacial score (nSPS) is 9.76. The number of hydrogen-bond donors (Lipinski definition) is 2. The lowest BCUT2D eigenvalue weighted by atomic mass is 10.3. The molecule has 0 bridgehead atoms. The molecule has 6 heteroatoms. The summed E-state index contributed by atoms with van der Waals surface area (Å²) in [4.78, 5) is 11.6. The summed E-state index contributed by atoms with van der Waals surface area (Å²) in [6.07, 6.45) is 0. The molecular weight excluding hydrogens is 291 g/mol. The minimum Gasteiger partial charge on any atom is -0.484 e. The fourth-order valence-electron chi connectivity index (χ4n) is 1.52. The zero-order valence-corrected chi connectivity index (χ0v) is 11.8. The number of halogens is 1. The maximum absolute atomic E-state index is 12.7. The Morgan fingerprint density at radius 1 is 1.10 bits per heavy atom. The third-order valence-corrected chi connectivity index (χ3v) is 2.67. The van der Waals surface area contributed by atoms with E-state index in [0.29, 0.717) is 11.4 Å². The van der Waals surface area contributed by atoms with Crippen LogP contribution in [0.4, 0.5) is 10.1 Å². The first-order chi connectivity index (χ1) is 10.1. The molecule has 2 rings (SSSR count). The number of carbonyl (C=O) groups excluding carboxylic acids is 1. The monoisotopic (exact) mass is 304 g/mol. The first-order valence-corrected chi connectivity index (χ1v) is 6.58. The predicted molar refractivity (Wildman–Crippen MR) is 82.7 cm³/mol. The van der Waals surface area contributed by atoms with Gasteiger partial charge in [-0.3, -0.25) is 10.1 Å². The highest BCUT2D eigenvalue weighted by Crippen LogP contribution is 2.08. The van der Waals surface area contributed by atoms with Gasteiger partial charge in [-0.05, 0) is 48.6 Å². The van der Waals surface area contributed by atoms with E-state index in [0.717, 1.165) is 0 Å². The molecule has 0 saturated carbocycles. The van der Waals surface area contributed by atoms with Crippen molar-refractivity contribution in [3.05, 3.63) is 60.4 Å². The quantitative estimate of drug-likeness (QED) is 0.853. The Bertz CT molecular complexity index is 617. The van der Waals surface area contributed by atoms with Crippen LogP contribution in [0.3, 0.4) is 0 Å². The lowest BCUT2D eigenvalue weighted by Crippen LogP contribution is -2.37. The number of carbonyl (C=O) groups is 1. The van der Waals surface area contributed by atoms with Crippen LogP contribution in [-0.2, 0) is 4.79 Å². The van der Waals surface area contributed by atoms with E-state index in [4.69, 9.17) is 17.0 Å². The van der Waals surface area contributed by atoms with Crippen molar-refractivity contribution >= 4 is 28.9 Å². The van der Waals surface area contributed by atoms with Gasteiger partial charge in [0.05, 0.1) is 0 Å². The zero-order chi connectivity index (χ0) is 15.1. The molecule has 0 fully saturated rings. The van der Waals surface area contributed by atoms with Crippen molar-refractivity contribution in [2.45, 2.75) is 0 Å². The van der Waals surface area contributed by atoms with Gasteiger partial charge in [-0.2, -0.15) is 0 Å². The molecule has 0 aliphatic carbocycles. The number of ether oxygens (including phenoxy) is 1. The van der Waals surface area contributed by atoms with Gasteiger partial charge in [-0.25, -0.2) is 4.39 Å². The van der Waals surface area contributed by atoms with Crippen LogP contribution in [-0.4, -0.2) is 17.6 Å². The highest BCUT2D eigenvalue weighted by Gasteiger charge is 2.06. The van der Waals surface area contributed by atoms with E-state index in [2.05, 4.69) is 10.6 Å². The second-order valence-electron chi connectivity index (χ2n) is 4.11. The molecule has 4 nitrogen and oxygen atoms in total. The van der Waals surface area contributed by atoms with Gasteiger partial charge in [0, 0.05) is 5.69 Å². The maximum Gasteiger partial charge on any atom is 0.264 e. The van der Waals surface area contributed by atoms with Crippen LogP contribution < -0.4 is 15.4 Å². The Kier molecular flexibility index (Phi) is 5.22. The van der Waals surface area contributed by atoms with E-state index >= 15 is 0 Å². The molecule has 0 aliphatic rings. The number of benzene rings is 2. The van der Waals surface area contributed by atoms with Crippen LogP contribution in [0.15, 0.2) is 54.6 Å². The number of rotatable bonds is 4. The number of amides is 1. The standard InChI is InChI=1S/C15H13FN2O2S/c16-11-6-8-12(9-7-11)17-15(21)18-14(19)10-20-13-4-2-1-3-5-13/h1-9H,10H2,(H2,17,18,19,21). The molecule has 0 saturated heterocycles. The molecule has 0 atom stereocenters. The average molecular weight is 304 g/mol. The minimum atomic E-state index is -0.376. The van der Waals surface area contributed by atoms with Crippen molar-refractivity contribution in [3.8, 4) is 5.75 Å². The fourth-order valence-corrected chi connectivity index (χ4v) is 1.76. The van der Waals surface area contributed by atoms with Crippen LogP contribution in [0.2, 0.25) is 0 Å². The second-order valence-corrected chi connectivity index (χ2v) is 4.52. The number of anilines is 1. The van der Waals surface area contributed by atoms with Crippen LogP contribution >= 0.6 is 12.2 Å². The predicted octanol–water partition coefficient (Wildman–Crippen LogP) is 2.72. The summed E-state index contributed by atoms with van der Waals surface area (Å²) in [6.45, 7) is -0.144. The highest BCUT2D eigenvalue weighted by atomic mass is 32.1. The summed E-state index contributed by atoms with van der Waals surface area (Å²) in [6, 6.07) is 14.6. The average Bonchev–Trinajstić information content (AvgIpc) is 2.48. The van der Waals surface area contributed by atoms with Gasteiger partial charge in [0.2, 0.25) is 0 Å². The van der Waals surface area contributed by atoms with Crippen LogP contribution in [0.1, 0.15) is 0 Å². The van der Waals surface area contributed by atoms with E-state index in [-0.39, 0.29) is 23.4 Å². The van der Waals surface area contributed by atoms with E-state index in [1.165, 1.54) is 24.3 Å². The SMILES string of the molecule is O=C(COc1ccccc1)NC(=S)Nc1ccc(F)cc1. The smallest absolute Gasteiger partial charge is 0.264 e. The van der Waals surface area contributed by atoms with E-state index in [1.54, 1.807) is 12.1 Å². The van der Waals surface area contributed by atoms with Crippen molar-refractivity contribution in [1.29, 1.82) is 0 Å². The van der Waals surface area contributed by atoms with Gasteiger partial charge >= 0.3 is 0 Å². The summed E-state index contributed by atoms with van der Waals surface area (Å²) in [5, 5.41) is 5.38. The molecule has 0 radical (unpaired) electrons. The molecule has 1 amide bonds. The molecular formula is C15H13FN2O2S. The Morgan fingerprint density at radius 3 is 2.43 bits per heavy atom. The second kappa shape index (κ2) is 7.35. The minimum absolute atomic E-state index is 0.128. The Balaban J connectivity index is 1.77. The van der Waals surface area contributed by atoms with Crippen molar-refractivity contribution in [2.75, 3.05) is 11.9 Å². The third-order valence-electron chi connectivity index (χ3n) is 2.47. The lowest BCUT2D eigenvalue weighted by Gasteiger charge is -2.10. The molecule has 21 heavy (non-hydrogen) atoms. The lowest BCUT2D eigenvalue weighted by molar-refractivity contribution is -0.121. The topological polar surface area (TPSA) is 50.4 Å². The first-order valence-electron chi connectivity index (χ1n) is 6.18. The summed E-state index contributed by atoms with van der Waals surface area (Å²) in [5.41, 5.74) is 0.589. The van der Waals surface area contributed by atoms with E-state index in [9.17, 15) is 9.18 Å². The number of nitrogens with one attached hydrogen (secondary N) is 2. The number of hydrogen-bond acceptors (Lipinski definition) is 3. The van der Waals surface area contributed by atoms with Crippen molar-refractivity contribution < 1.29 is 13.9 Å². The molecule has 2 aromatic rings. The molecule has 0 heterocycles. The largest absolute Gasteiger partial charge is 0.484 e. The summed E-state index contributed by atoms with van der Waals surface area (Å²) < 4.78 is 18.0. The van der Waals surface area contributed by atoms with Gasteiger partial charge in [-0.15, -0.1) is 0 Å². The summed E-state index contributed by atoms with van der Waals surface area (Å²) in [7, 11) is 0. The highest BCUT2D eigenvalue weighted by molar-refractivity contribution is 7.80. The van der Waals surface area contributed by atoms with Crippen molar-refractivity contribution in [1.82, 2.24) is 5.32 Å². The molecule has 0 aromatic heterocycles. The maximum atomic E-state index is 12.7. The van der Waals surface area contributed by atoms with Crippen LogP contribution in [0.25, 0.3) is 0 Å². The summed E-state index contributed by atoms with van der Waals surface area (Å²) in [5.74, 6) is -0.115. The number of thiocarbonyl (C=S) groups is 1. The van der Waals surface area contributed by atoms with Gasteiger partial charge in [-0.1, -0.05) is 18.2 Å². The van der Waals surface area contributed by atoms with Gasteiger partial charge in [0.1, 0.15) is 11.6 Å². The van der Waals surface area contributed by atoms with Crippen molar-refractivity contribution in [2.24, 2.45) is 0 Å². The van der Waals surface area contributed by atoms with E-state index < -0.39 is 0 Å².